The van der Waals surface area contributed by atoms with Crippen LogP contribution in [0.5, 0.6) is 0 Å². The Hall–Kier alpha value is -1.55. The fraction of sp³-hybridized carbons (Fsp3) is 0.667. The van der Waals surface area contributed by atoms with Crippen LogP contribution in [0.15, 0.2) is 0 Å². The van der Waals surface area contributed by atoms with Crippen LogP contribution in [-0.2, 0) is 19.1 Å². The molecular weight excluding hydrogens is 252 g/mol. The second kappa shape index (κ2) is 7.01. The Labute approximate surface area is 101 Å². The second-order valence-electron chi connectivity index (χ2n) is 3.47. The van der Waals surface area contributed by atoms with Gasteiger partial charge < -0.3 is 35.1 Å². The summed E-state index contributed by atoms with van der Waals surface area (Å²) in [5.74, 6) is -2.98. The van der Waals surface area contributed by atoms with E-state index in [1.807, 2.05) is 0 Å². The molecule has 0 aromatic heterocycles. The predicted octanol–water partition coefficient (Wildman–Crippen LogP) is -3.35. The first-order chi connectivity index (χ1) is 8.22. The van der Waals surface area contributed by atoms with Crippen LogP contribution in [0, 0.1) is 0 Å². The van der Waals surface area contributed by atoms with Gasteiger partial charge in [-0.1, -0.05) is 0 Å². The topological polar surface area (TPSA) is 162 Å². The van der Waals surface area contributed by atoms with Crippen molar-refractivity contribution in [1.29, 1.82) is 0 Å². The van der Waals surface area contributed by atoms with E-state index in [1.165, 1.54) is 0 Å². The molecule has 0 bridgehead atoms. The highest BCUT2D eigenvalue weighted by molar-refractivity contribution is 5.80. The molecule has 0 saturated carbocycles. The number of aliphatic carboxylic acids is 1. The summed E-state index contributed by atoms with van der Waals surface area (Å²) < 4.78 is 4.23. The van der Waals surface area contributed by atoms with Gasteiger partial charge in [0, 0.05) is 0 Å². The van der Waals surface area contributed by atoms with E-state index < -0.39 is 42.5 Å². The number of carboxylic acids is 1. The number of aldehydes is 1. The molecule has 104 valence electrons. The lowest BCUT2D eigenvalue weighted by Crippen LogP contribution is -2.49. The Morgan fingerprint density at radius 3 is 2.00 bits per heavy atom. The zero-order valence-electron chi connectivity index (χ0n) is 9.33. The first-order valence-corrected chi connectivity index (χ1v) is 4.83. The van der Waals surface area contributed by atoms with E-state index in [4.69, 9.17) is 15.3 Å². The second-order valence-corrected chi connectivity index (χ2v) is 3.47. The number of hydrogen-bond acceptors (Lipinski definition) is 8. The number of aliphatic hydroxyl groups excluding tert-OH is 4. The molecule has 0 aliphatic heterocycles. The zero-order chi connectivity index (χ0) is 14.5. The standard InChI is InChI=1S/C9H14O9/c1-3(8(15)16)18-9(17)7(14)6(13)5(12)4(11)2-10/h2-7,11-14H,1H3,(H,15,16)/t3?,4-,5+,6+,7-/m0/s1. The van der Waals surface area contributed by atoms with Gasteiger partial charge in [0.05, 0.1) is 0 Å². The van der Waals surface area contributed by atoms with Crippen LogP contribution in [0.4, 0.5) is 0 Å². The van der Waals surface area contributed by atoms with Gasteiger partial charge in [0.2, 0.25) is 0 Å². The highest BCUT2D eigenvalue weighted by Crippen LogP contribution is 2.07. The average molecular weight is 266 g/mol. The molecule has 0 fully saturated rings. The molecule has 0 aromatic carbocycles. The molecular formula is C9H14O9. The molecule has 9 heteroatoms. The van der Waals surface area contributed by atoms with Crippen LogP contribution < -0.4 is 0 Å². The first-order valence-electron chi connectivity index (χ1n) is 4.83. The minimum Gasteiger partial charge on any atom is -0.479 e. The van der Waals surface area contributed by atoms with E-state index in [0.717, 1.165) is 6.92 Å². The molecule has 18 heavy (non-hydrogen) atoms. The summed E-state index contributed by atoms with van der Waals surface area (Å²) in [7, 11) is 0. The van der Waals surface area contributed by atoms with Crippen LogP contribution in [0.3, 0.4) is 0 Å². The van der Waals surface area contributed by atoms with E-state index >= 15 is 0 Å². The van der Waals surface area contributed by atoms with Crippen molar-refractivity contribution >= 4 is 18.2 Å². The number of carbonyl (C=O) groups is 3. The normalized spacial score (nSPS) is 19.2. The lowest BCUT2D eigenvalue weighted by Gasteiger charge is -2.23. The van der Waals surface area contributed by atoms with E-state index in [2.05, 4.69) is 4.74 Å². The van der Waals surface area contributed by atoms with E-state index in [0.29, 0.717) is 0 Å². The van der Waals surface area contributed by atoms with E-state index in [-0.39, 0.29) is 6.29 Å². The minimum absolute atomic E-state index is 0.105. The molecule has 0 radical (unpaired) electrons. The number of carbonyl (C=O) groups excluding carboxylic acids is 2. The molecule has 0 aromatic rings. The molecule has 0 rings (SSSR count). The van der Waals surface area contributed by atoms with Crippen molar-refractivity contribution in [2.24, 2.45) is 0 Å². The van der Waals surface area contributed by atoms with Crippen LogP contribution >= 0.6 is 0 Å². The molecule has 0 saturated heterocycles. The van der Waals surface area contributed by atoms with Gasteiger partial charge in [0.25, 0.3) is 0 Å². The van der Waals surface area contributed by atoms with Gasteiger partial charge >= 0.3 is 11.9 Å². The molecule has 5 atom stereocenters. The maximum Gasteiger partial charge on any atom is 0.344 e. The molecule has 0 aliphatic carbocycles. The highest BCUT2D eigenvalue weighted by atomic mass is 16.6. The van der Waals surface area contributed by atoms with Crippen LogP contribution in [0.1, 0.15) is 6.92 Å². The highest BCUT2D eigenvalue weighted by Gasteiger charge is 2.36. The summed E-state index contributed by atoms with van der Waals surface area (Å²) in [6, 6.07) is 0. The molecule has 5 N–H and O–H groups in total. The van der Waals surface area contributed by atoms with Gasteiger partial charge in [-0.2, -0.15) is 0 Å². The maximum atomic E-state index is 11.1. The molecule has 0 aliphatic rings. The van der Waals surface area contributed by atoms with E-state index in [9.17, 15) is 24.6 Å². The Bertz CT molecular complexity index is 315. The van der Waals surface area contributed by atoms with Crippen LogP contribution in [0.25, 0.3) is 0 Å². The SMILES string of the molecule is CC(OC(=O)[C@@H](O)[C@H](O)[C@H](O)[C@@H](O)C=O)C(=O)O. The van der Waals surface area contributed by atoms with Gasteiger partial charge in [-0.25, -0.2) is 9.59 Å². The first kappa shape index (κ1) is 16.4. The number of rotatable bonds is 7. The molecule has 0 spiro atoms. The Morgan fingerprint density at radius 1 is 1.11 bits per heavy atom. The largest absolute Gasteiger partial charge is 0.479 e. The van der Waals surface area contributed by atoms with Gasteiger partial charge in [-0.05, 0) is 6.92 Å². The third kappa shape index (κ3) is 4.37. The Balaban J connectivity index is 4.54. The van der Waals surface area contributed by atoms with Crippen molar-refractivity contribution in [3.63, 3.8) is 0 Å². The van der Waals surface area contributed by atoms with Crippen molar-refractivity contribution in [2.75, 3.05) is 0 Å². The summed E-state index contributed by atoms with van der Waals surface area (Å²) >= 11 is 0. The van der Waals surface area contributed by atoms with Crippen molar-refractivity contribution < 1.29 is 44.7 Å². The number of carboxylic acid groups (broad SMARTS) is 1. The van der Waals surface area contributed by atoms with Gasteiger partial charge in [0.15, 0.2) is 18.5 Å². The van der Waals surface area contributed by atoms with Crippen LogP contribution in [-0.4, -0.2) is 74.3 Å². The summed E-state index contributed by atoms with van der Waals surface area (Å²) in [6.45, 7) is 1.01. The lowest BCUT2D eigenvalue weighted by molar-refractivity contribution is -0.179. The third-order valence-corrected chi connectivity index (χ3v) is 2.04. The zero-order valence-corrected chi connectivity index (χ0v) is 9.33. The van der Waals surface area contributed by atoms with Crippen molar-refractivity contribution in [1.82, 2.24) is 0 Å². The maximum absolute atomic E-state index is 11.1. The van der Waals surface area contributed by atoms with Crippen molar-refractivity contribution in [3.8, 4) is 0 Å². The minimum atomic E-state index is -2.30. The number of aliphatic hydroxyl groups is 4. The fourth-order valence-electron chi connectivity index (χ4n) is 0.903. The number of hydrogen-bond donors (Lipinski definition) is 5. The lowest BCUT2D eigenvalue weighted by atomic mass is 10.0. The fourth-order valence-corrected chi connectivity index (χ4v) is 0.903. The molecule has 1 unspecified atom stereocenters. The third-order valence-electron chi connectivity index (χ3n) is 2.04. The number of esters is 1. The summed E-state index contributed by atoms with van der Waals surface area (Å²) in [5.41, 5.74) is 0. The number of ether oxygens (including phenoxy) is 1. The summed E-state index contributed by atoms with van der Waals surface area (Å²) in [6.07, 6.45) is -10.3. The quantitative estimate of drug-likeness (QED) is 0.234. The van der Waals surface area contributed by atoms with Gasteiger partial charge in [-0.3, -0.25) is 0 Å². The monoisotopic (exact) mass is 266 g/mol. The van der Waals surface area contributed by atoms with E-state index in [1.54, 1.807) is 0 Å². The Morgan fingerprint density at radius 2 is 1.61 bits per heavy atom. The predicted molar refractivity (Wildman–Crippen MR) is 53.3 cm³/mol. The smallest absolute Gasteiger partial charge is 0.344 e. The van der Waals surface area contributed by atoms with Crippen molar-refractivity contribution in [2.45, 2.75) is 37.4 Å². The molecule has 0 heterocycles. The molecule has 9 nitrogen and oxygen atoms in total. The van der Waals surface area contributed by atoms with Gasteiger partial charge in [0.1, 0.15) is 18.3 Å². The molecule has 0 amide bonds. The van der Waals surface area contributed by atoms with Crippen LogP contribution in [0.2, 0.25) is 0 Å². The van der Waals surface area contributed by atoms with Crippen molar-refractivity contribution in [3.05, 3.63) is 0 Å². The van der Waals surface area contributed by atoms with Gasteiger partial charge in [-0.15, -0.1) is 0 Å². The average Bonchev–Trinajstić information content (AvgIpc) is 2.34. The summed E-state index contributed by atoms with van der Waals surface area (Å²) in [4.78, 5) is 31.6. The summed E-state index contributed by atoms with van der Waals surface area (Å²) in [5, 5.41) is 44.9. The Kier molecular flexibility index (Phi) is 6.41.